The zero-order valence-corrected chi connectivity index (χ0v) is 15.7. The number of aromatic nitrogens is 2. The topological polar surface area (TPSA) is 70.4 Å². The Bertz CT molecular complexity index is 669. The van der Waals surface area contributed by atoms with Gasteiger partial charge in [0.1, 0.15) is 11.4 Å². The van der Waals surface area contributed by atoms with Gasteiger partial charge in [0.2, 0.25) is 0 Å². The molecule has 6 nitrogen and oxygen atoms in total. The minimum Gasteiger partial charge on any atom is -0.393 e. The third-order valence-corrected chi connectivity index (χ3v) is 7.33. The number of amides is 1. The van der Waals surface area contributed by atoms with Crippen molar-refractivity contribution in [3.63, 3.8) is 0 Å². The number of nitrogens with zero attached hydrogens (tertiary/aromatic N) is 3. The van der Waals surface area contributed by atoms with E-state index in [0.29, 0.717) is 5.56 Å². The molecule has 0 atom stereocenters. The van der Waals surface area contributed by atoms with E-state index in [4.69, 9.17) is 0 Å². The maximum atomic E-state index is 13.2. The van der Waals surface area contributed by atoms with Gasteiger partial charge in [-0.15, -0.1) is 0 Å². The lowest BCUT2D eigenvalue weighted by molar-refractivity contribution is -0.0166. The first-order valence-corrected chi connectivity index (χ1v) is 10.3. The van der Waals surface area contributed by atoms with Crippen LogP contribution in [0.5, 0.6) is 0 Å². The normalized spacial score (nSPS) is 36.5. The summed E-state index contributed by atoms with van der Waals surface area (Å²) in [7, 11) is 1.90. The lowest BCUT2D eigenvalue weighted by atomic mass is 9.53. The second-order valence-electron chi connectivity index (χ2n) is 9.38. The van der Waals surface area contributed by atoms with Gasteiger partial charge in [-0.2, -0.15) is 5.10 Å². The average Bonchev–Trinajstić information content (AvgIpc) is 2.96. The number of aliphatic hydroxyl groups is 1. The van der Waals surface area contributed by atoms with Crippen LogP contribution in [0.15, 0.2) is 6.20 Å². The Morgan fingerprint density at radius 2 is 1.73 bits per heavy atom. The number of piperidine rings is 1. The average molecular weight is 358 g/mol. The summed E-state index contributed by atoms with van der Waals surface area (Å²) in [5, 5.41) is 17.6. The van der Waals surface area contributed by atoms with E-state index < -0.39 is 0 Å². The number of carbonyl (C=O) groups excluding carboxylic acids is 1. The summed E-state index contributed by atoms with van der Waals surface area (Å²) in [5.74, 6) is 3.40. The summed E-state index contributed by atoms with van der Waals surface area (Å²) in [6, 6.07) is 0. The SMILES string of the molecule is Cn1ncc(C(=O)NC23CC4CC(CC(C4)C2)C3)c1N1CCC(O)CC1. The fourth-order valence-electron chi connectivity index (χ4n) is 6.62. The number of nitrogens with one attached hydrogen (secondary N) is 1. The van der Waals surface area contributed by atoms with Crippen molar-refractivity contribution in [1.29, 1.82) is 0 Å². The number of anilines is 1. The highest BCUT2D eigenvalue weighted by atomic mass is 16.3. The Labute approximate surface area is 154 Å². The van der Waals surface area contributed by atoms with Gasteiger partial charge in [-0.3, -0.25) is 9.48 Å². The van der Waals surface area contributed by atoms with E-state index in [9.17, 15) is 9.90 Å². The van der Waals surface area contributed by atoms with E-state index in [-0.39, 0.29) is 17.6 Å². The number of hydrogen-bond acceptors (Lipinski definition) is 4. The summed E-state index contributed by atoms with van der Waals surface area (Å²) in [4.78, 5) is 15.4. The van der Waals surface area contributed by atoms with Crippen LogP contribution in [0.3, 0.4) is 0 Å². The maximum absolute atomic E-state index is 13.2. The molecule has 26 heavy (non-hydrogen) atoms. The van der Waals surface area contributed by atoms with Gasteiger partial charge in [-0.1, -0.05) is 0 Å². The molecule has 1 saturated heterocycles. The molecule has 6 heteroatoms. The lowest BCUT2D eigenvalue weighted by Gasteiger charge is -2.56. The van der Waals surface area contributed by atoms with E-state index in [1.807, 2.05) is 11.7 Å². The molecule has 5 aliphatic rings. The van der Waals surface area contributed by atoms with Gasteiger partial charge in [0.15, 0.2) is 0 Å². The quantitative estimate of drug-likeness (QED) is 0.868. The first-order valence-electron chi connectivity index (χ1n) is 10.3. The van der Waals surface area contributed by atoms with E-state index in [1.54, 1.807) is 6.20 Å². The Balaban J connectivity index is 1.37. The molecule has 2 heterocycles. The lowest BCUT2D eigenvalue weighted by Crippen LogP contribution is -2.59. The third kappa shape index (κ3) is 2.73. The molecule has 4 aliphatic carbocycles. The second-order valence-corrected chi connectivity index (χ2v) is 9.38. The van der Waals surface area contributed by atoms with Gasteiger partial charge in [-0.25, -0.2) is 0 Å². The minimum absolute atomic E-state index is 0.0248. The molecule has 4 bridgehead atoms. The Hall–Kier alpha value is -1.56. The fourth-order valence-corrected chi connectivity index (χ4v) is 6.62. The Morgan fingerprint density at radius 3 is 2.31 bits per heavy atom. The number of hydrogen-bond donors (Lipinski definition) is 2. The highest BCUT2D eigenvalue weighted by Gasteiger charge is 2.51. The zero-order chi connectivity index (χ0) is 17.9. The van der Waals surface area contributed by atoms with Crippen molar-refractivity contribution >= 4 is 11.7 Å². The highest BCUT2D eigenvalue weighted by Crippen LogP contribution is 2.55. The van der Waals surface area contributed by atoms with Crippen LogP contribution in [0.1, 0.15) is 61.7 Å². The monoisotopic (exact) mass is 358 g/mol. The predicted octanol–water partition coefficient (Wildman–Crippen LogP) is 2.08. The van der Waals surface area contributed by atoms with Crippen molar-refractivity contribution in [3.05, 3.63) is 11.8 Å². The molecule has 0 radical (unpaired) electrons. The van der Waals surface area contributed by atoms with Crippen LogP contribution in [0.4, 0.5) is 5.82 Å². The van der Waals surface area contributed by atoms with Crippen LogP contribution in [0.2, 0.25) is 0 Å². The number of aliphatic hydroxyl groups excluding tert-OH is 1. The van der Waals surface area contributed by atoms with Crippen molar-refractivity contribution in [2.24, 2.45) is 24.8 Å². The molecule has 6 rings (SSSR count). The summed E-state index contributed by atoms with van der Waals surface area (Å²) in [6.07, 6.45) is 10.6. The summed E-state index contributed by atoms with van der Waals surface area (Å²) in [5.41, 5.74) is 0.719. The second kappa shape index (κ2) is 5.98. The van der Waals surface area contributed by atoms with Crippen molar-refractivity contribution in [2.45, 2.75) is 63.0 Å². The Morgan fingerprint density at radius 1 is 1.15 bits per heavy atom. The number of carbonyl (C=O) groups is 1. The molecule has 0 aromatic carbocycles. The smallest absolute Gasteiger partial charge is 0.257 e. The highest BCUT2D eigenvalue weighted by molar-refractivity contribution is 5.99. The molecule has 5 fully saturated rings. The van der Waals surface area contributed by atoms with Gasteiger partial charge in [0, 0.05) is 25.7 Å². The van der Waals surface area contributed by atoms with E-state index in [1.165, 1.54) is 19.3 Å². The van der Waals surface area contributed by atoms with Gasteiger partial charge in [0.05, 0.1) is 12.3 Å². The van der Waals surface area contributed by atoms with Gasteiger partial charge >= 0.3 is 0 Å². The molecule has 1 amide bonds. The largest absolute Gasteiger partial charge is 0.393 e. The molecule has 1 aromatic heterocycles. The maximum Gasteiger partial charge on any atom is 0.257 e. The number of aryl methyl sites for hydroxylation is 1. The van der Waals surface area contributed by atoms with Crippen LogP contribution in [0.25, 0.3) is 0 Å². The molecule has 4 saturated carbocycles. The number of rotatable bonds is 3. The van der Waals surface area contributed by atoms with E-state index in [0.717, 1.165) is 68.8 Å². The first-order chi connectivity index (χ1) is 12.5. The summed E-state index contributed by atoms with van der Waals surface area (Å²) < 4.78 is 1.81. The van der Waals surface area contributed by atoms with Crippen LogP contribution >= 0.6 is 0 Å². The summed E-state index contributed by atoms with van der Waals surface area (Å²) >= 11 is 0. The molecular formula is C20H30N4O2. The van der Waals surface area contributed by atoms with Gasteiger partial charge in [0.25, 0.3) is 5.91 Å². The summed E-state index contributed by atoms with van der Waals surface area (Å²) in [6.45, 7) is 1.55. The van der Waals surface area contributed by atoms with E-state index >= 15 is 0 Å². The van der Waals surface area contributed by atoms with Crippen LogP contribution in [0, 0.1) is 17.8 Å². The standard InChI is InChI=1S/C20H30N4O2/c1-23-19(24-4-2-16(25)3-5-24)17(12-21-23)18(26)22-20-9-13-6-14(10-20)8-15(7-13)11-20/h12-16,25H,2-11H2,1H3,(H,22,26). The first kappa shape index (κ1) is 16.6. The minimum atomic E-state index is -0.219. The van der Waals surface area contributed by atoms with Crippen LogP contribution in [-0.4, -0.2) is 45.5 Å². The molecular weight excluding hydrogens is 328 g/mol. The zero-order valence-electron chi connectivity index (χ0n) is 15.7. The molecule has 0 spiro atoms. The third-order valence-electron chi connectivity index (χ3n) is 7.33. The van der Waals surface area contributed by atoms with Crippen LogP contribution < -0.4 is 10.2 Å². The molecule has 142 valence electrons. The molecule has 2 N–H and O–H groups in total. The molecule has 0 unspecified atom stereocenters. The molecule has 1 aromatic rings. The van der Waals surface area contributed by atoms with Crippen molar-refractivity contribution in [2.75, 3.05) is 18.0 Å². The van der Waals surface area contributed by atoms with E-state index in [2.05, 4.69) is 15.3 Å². The van der Waals surface area contributed by atoms with Crippen molar-refractivity contribution < 1.29 is 9.90 Å². The fraction of sp³-hybridized carbons (Fsp3) is 0.800. The van der Waals surface area contributed by atoms with Gasteiger partial charge < -0.3 is 15.3 Å². The van der Waals surface area contributed by atoms with Crippen molar-refractivity contribution in [3.8, 4) is 0 Å². The van der Waals surface area contributed by atoms with Crippen LogP contribution in [-0.2, 0) is 7.05 Å². The predicted molar refractivity (Wildman–Crippen MR) is 99.0 cm³/mol. The van der Waals surface area contributed by atoms with Gasteiger partial charge in [-0.05, 0) is 69.1 Å². The Kier molecular flexibility index (Phi) is 3.82. The molecule has 1 aliphatic heterocycles. The van der Waals surface area contributed by atoms with Crippen molar-refractivity contribution in [1.82, 2.24) is 15.1 Å².